The molecule has 0 saturated carbocycles. The second-order valence-electron chi connectivity index (χ2n) is 5.88. The number of nitrogens with one attached hydrogen (secondary N) is 1. The third kappa shape index (κ3) is 4.54. The van der Waals surface area contributed by atoms with Gasteiger partial charge in [-0.2, -0.15) is 0 Å². The highest BCUT2D eigenvalue weighted by Gasteiger charge is 2.34. The molecule has 0 spiro atoms. The Bertz CT molecular complexity index is 890. The number of rotatable bonds is 4. The van der Waals surface area contributed by atoms with Crippen LogP contribution < -0.4 is 5.32 Å². The van der Waals surface area contributed by atoms with Gasteiger partial charge < -0.3 is 10.1 Å². The van der Waals surface area contributed by atoms with Crippen LogP contribution in [0.5, 0.6) is 0 Å². The lowest BCUT2D eigenvalue weighted by Gasteiger charge is -2.21. The highest BCUT2D eigenvalue weighted by molar-refractivity contribution is 8.01. The molecule has 0 unspecified atom stereocenters. The fourth-order valence-electron chi connectivity index (χ4n) is 2.85. The first-order valence-corrected chi connectivity index (χ1v) is 10.3. The topological polar surface area (TPSA) is 55.4 Å². The molecule has 27 heavy (non-hydrogen) atoms. The van der Waals surface area contributed by atoms with Crippen molar-refractivity contribution < 1.29 is 14.3 Å². The summed E-state index contributed by atoms with van der Waals surface area (Å²) in [5.41, 5.74) is 2.18. The van der Waals surface area contributed by atoms with Gasteiger partial charge in [-0.25, -0.2) is 0 Å². The van der Waals surface area contributed by atoms with Crippen molar-refractivity contribution in [2.24, 2.45) is 0 Å². The Labute approximate surface area is 176 Å². The van der Waals surface area contributed by atoms with Crippen LogP contribution in [-0.2, 0) is 14.3 Å². The van der Waals surface area contributed by atoms with E-state index >= 15 is 0 Å². The molecule has 2 aromatic carbocycles. The van der Waals surface area contributed by atoms with Crippen molar-refractivity contribution in [3.63, 3.8) is 0 Å². The number of fused-ring (bicyclic) bond motifs is 1. The minimum Gasteiger partial charge on any atom is -0.466 e. The van der Waals surface area contributed by atoms with E-state index in [1.54, 1.807) is 37.3 Å². The third-order valence-electron chi connectivity index (χ3n) is 4.07. The quantitative estimate of drug-likeness (QED) is 0.611. The predicted molar refractivity (Wildman–Crippen MR) is 111 cm³/mol. The molecule has 2 aromatic rings. The Hall–Kier alpha value is -1.40. The predicted octanol–water partition coefficient (Wildman–Crippen LogP) is 5.74. The van der Waals surface area contributed by atoms with Gasteiger partial charge in [0.2, 0.25) is 5.91 Å². The fraction of sp³-hybridized carbons (Fsp3) is 0.263. The van der Waals surface area contributed by atoms with Gasteiger partial charge in [-0.1, -0.05) is 46.9 Å². The van der Waals surface area contributed by atoms with E-state index < -0.39 is 11.2 Å². The molecule has 3 rings (SSSR count). The summed E-state index contributed by atoms with van der Waals surface area (Å²) in [6.45, 7) is 1.99. The molecular formula is C19H16Cl3NO3S. The van der Waals surface area contributed by atoms with Crippen LogP contribution in [0.2, 0.25) is 15.1 Å². The highest BCUT2D eigenvalue weighted by atomic mass is 35.5. The molecule has 1 aliphatic rings. The van der Waals surface area contributed by atoms with E-state index in [0.717, 1.165) is 11.1 Å². The Balaban J connectivity index is 2.07. The van der Waals surface area contributed by atoms with Gasteiger partial charge >= 0.3 is 5.97 Å². The molecule has 8 heteroatoms. The minimum atomic E-state index is -0.643. The molecule has 1 N–H and O–H groups in total. The molecule has 1 aliphatic heterocycles. The maximum Gasteiger partial charge on any atom is 0.307 e. The first-order valence-electron chi connectivity index (χ1n) is 8.26. The fourth-order valence-corrected chi connectivity index (χ4v) is 4.94. The van der Waals surface area contributed by atoms with Gasteiger partial charge in [0.15, 0.2) is 0 Å². The summed E-state index contributed by atoms with van der Waals surface area (Å²) < 4.78 is 5.01. The average Bonchev–Trinajstić information content (AvgIpc) is 2.75. The molecule has 4 nitrogen and oxygen atoms in total. The van der Waals surface area contributed by atoms with Gasteiger partial charge in [-0.05, 0) is 42.3 Å². The van der Waals surface area contributed by atoms with E-state index in [-0.39, 0.29) is 24.2 Å². The number of carbonyl (C=O) groups is 2. The average molecular weight is 445 g/mol. The van der Waals surface area contributed by atoms with Gasteiger partial charge in [0.05, 0.1) is 33.6 Å². The van der Waals surface area contributed by atoms with E-state index in [1.807, 2.05) is 6.07 Å². The summed E-state index contributed by atoms with van der Waals surface area (Å²) in [6.07, 6.45) is -0.0409. The van der Waals surface area contributed by atoms with E-state index in [4.69, 9.17) is 39.5 Å². The van der Waals surface area contributed by atoms with Crippen molar-refractivity contribution in [1.29, 1.82) is 0 Å². The second kappa shape index (κ2) is 8.74. The molecule has 0 bridgehead atoms. The monoisotopic (exact) mass is 443 g/mol. The third-order valence-corrected chi connectivity index (χ3v) is 6.63. The van der Waals surface area contributed by atoms with E-state index in [9.17, 15) is 9.59 Å². The lowest BCUT2D eigenvalue weighted by molar-refractivity contribution is -0.143. The molecule has 1 amide bonds. The van der Waals surface area contributed by atoms with Crippen molar-refractivity contribution in [3.8, 4) is 0 Å². The number of benzene rings is 2. The number of thioether (sulfide) groups is 1. The number of carbonyl (C=O) groups excluding carboxylic acids is 2. The van der Waals surface area contributed by atoms with Crippen LogP contribution >= 0.6 is 46.6 Å². The van der Waals surface area contributed by atoms with Crippen LogP contribution in [0.1, 0.15) is 29.7 Å². The molecule has 0 aromatic heterocycles. The van der Waals surface area contributed by atoms with Crippen molar-refractivity contribution in [2.45, 2.75) is 23.8 Å². The van der Waals surface area contributed by atoms with Gasteiger partial charge in [0.25, 0.3) is 0 Å². The Kier molecular flexibility index (Phi) is 6.58. The molecule has 142 valence electrons. The number of ether oxygens (including phenoxy) is 1. The standard InChI is InChI=1S/C19H16Cl3NO3S/c1-2-26-16(24)9-15-19(25)23-14-7-6-10(20)8-12(14)18(27-15)11-4-3-5-13(21)17(11)22/h3-8,15,18H,2,9H2,1H3,(H,23,25)/t15-,18-/m1/s1. The molecule has 2 atom stereocenters. The summed E-state index contributed by atoms with van der Waals surface area (Å²) >= 11 is 20.2. The highest BCUT2D eigenvalue weighted by Crippen LogP contribution is 2.48. The number of hydrogen-bond donors (Lipinski definition) is 1. The number of amides is 1. The van der Waals surface area contributed by atoms with Crippen molar-refractivity contribution >= 4 is 64.1 Å². The van der Waals surface area contributed by atoms with Crippen LogP contribution in [0.15, 0.2) is 36.4 Å². The summed E-state index contributed by atoms with van der Waals surface area (Å²) in [5, 5.41) is 3.27. The molecule has 0 fully saturated rings. The van der Waals surface area contributed by atoms with Crippen LogP contribution in [0.25, 0.3) is 0 Å². The molecule has 0 aliphatic carbocycles. The second-order valence-corrected chi connectivity index (χ2v) is 8.41. The Morgan fingerprint density at radius 2 is 1.96 bits per heavy atom. The first-order chi connectivity index (χ1) is 12.9. The van der Waals surface area contributed by atoms with Crippen molar-refractivity contribution in [1.82, 2.24) is 0 Å². The van der Waals surface area contributed by atoms with Gasteiger partial charge in [0, 0.05) is 10.7 Å². The molecule has 0 saturated heterocycles. The zero-order valence-corrected chi connectivity index (χ0v) is 17.4. The lowest BCUT2D eigenvalue weighted by Crippen LogP contribution is -2.27. The van der Waals surface area contributed by atoms with E-state index in [2.05, 4.69) is 5.32 Å². The zero-order chi connectivity index (χ0) is 19.6. The molecule has 1 heterocycles. The smallest absolute Gasteiger partial charge is 0.307 e. The van der Waals surface area contributed by atoms with Crippen LogP contribution in [-0.4, -0.2) is 23.7 Å². The van der Waals surface area contributed by atoms with Crippen molar-refractivity contribution in [2.75, 3.05) is 11.9 Å². The summed E-state index contributed by atoms with van der Waals surface area (Å²) in [6, 6.07) is 10.6. The zero-order valence-electron chi connectivity index (χ0n) is 14.3. The Morgan fingerprint density at radius 1 is 1.19 bits per heavy atom. The van der Waals surface area contributed by atoms with Crippen LogP contribution in [0, 0.1) is 0 Å². The van der Waals surface area contributed by atoms with E-state index in [0.29, 0.717) is 20.8 Å². The summed E-state index contributed by atoms with van der Waals surface area (Å²) in [5.74, 6) is -0.692. The maximum absolute atomic E-state index is 12.7. The molecule has 0 radical (unpaired) electrons. The van der Waals surface area contributed by atoms with Gasteiger partial charge in [0.1, 0.15) is 0 Å². The number of halogens is 3. The number of hydrogen-bond acceptors (Lipinski definition) is 4. The Morgan fingerprint density at radius 3 is 2.70 bits per heavy atom. The largest absolute Gasteiger partial charge is 0.466 e. The lowest BCUT2D eigenvalue weighted by atomic mass is 10.0. The SMILES string of the molecule is CCOC(=O)C[C@H]1S[C@H](c2cccc(Cl)c2Cl)c2cc(Cl)ccc2NC1=O. The molecular weight excluding hydrogens is 429 g/mol. The maximum atomic E-state index is 12.7. The van der Waals surface area contributed by atoms with Gasteiger partial charge in [-0.15, -0.1) is 11.8 Å². The first kappa shape index (κ1) is 20.3. The minimum absolute atomic E-state index is 0.0409. The summed E-state index contributed by atoms with van der Waals surface area (Å²) in [4.78, 5) is 24.7. The normalized spacial score (nSPS) is 19.0. The van der Waals surface area contributed by atoms with Crippen LogP contribution in [0.4, 0.5) is 5.69 Å². The van der Waals surface area contributed by atoms with Crippen molar-refractivity contribution in [3.05, 3.63) is 62.6 Å². The van der Waals surface area contributed by atoms with Crippen LogP contribution in [0.3, 0.4) is 0 Å². The number of anilines is 1. The summed E-state index contributed by atoms with van der Waals surface area (Å²) in [7, 11) is 0. The van der Waals surface area contributed by atoms with E-state index in [1.165, 1.54) is 11.8 Å². The number of esters is 1. The van der Waals surface area contributed by atoms with Gasteiger partial charge in [-0.3, -0.25) is 9.59 Å².